The average Bonchev–Trinajstić information content (AvgIpc) is 2.97. The molecule has 1 N–H and O–H groups in total. The number of aromatic nitrogens is 2. The standard InChI is InChI=1S/C20H21BrN4O/c1-24-19(17-9-2-3-10-18(17)23-24)20(26)25-11-5-8-16(13-25)22-15-7-4-6-14(21)12-15/h2-4,6-7,9-10,12,16,22H,5,8,11,13H2,1H3. The van der Waals surface area contributed by atoms with E-state index in [9.17, 15) is 4.79 Å². The molecule has 1 saturated heterocycles. The zero-order valence-electron chi connectivity index (χ0n) is 14.7. The molecule has 134 valence electrons. The highest BCUT2D eigenvalue weighted by atomic mass is 79.9. The molecule has 5 nitrogen and oxygen atoms in total. The van der Waals surface area contributed by atoms with Crippen LogP contribution in [0.1, 0.15) is 23.3 Å². The number of amides is 1. The maximum absolute atomic E-state index is 13.2. The molecule has 0 spiro atoms. The molecule has 0 aliphatic carbocycles. The van der Waals surface area contributed by atoms with Crippen molar-refractivity contribution < 1.29 is 4.79 Å². The number of carbonyl (C=O) groups excluding carboxylic acids is 1. The van der Waals surface area contributed by atoms with E-state index in [0.717, 1.165) is 40.4 Å². The smallest absolute Gasteiger partial charge is 0.272 e. The highest BCUT2D eigenvalue weighted by Crippen LogP contribution is 2.23. The number of anilines is 1. The lowest BCUT2D eigenvalue weighted by Crippen LogP contribution is -2.45. The molecule has 4 rings (SSSR count). The van der Waals surface area contributed by atoms with Gasteiger partial charge in [0.15, 0.2) is 0 Å². The first-order valence-corrected chi connectivity index (χ1v) is 9.64. The number of aryl methyl sites for hydroxylation is 1. The van der Waals surface area contributed by atoms with Crippen LogP contribution >= 0.6 is 15.9 Å². The van der Waals surface area contributed by atoms with E-state index in [1.165, 1.54) is 0 Å². The van der Waals surface area contributed by atoms with Crippen molar-refractivity contribution in [2.24, 2.45) is 7.05 Å². The predicted molar refractivity (Wildman–Crippen MR) is 107 cm³/mol. The highest BCUT2D eigenvalue weighted by Gasteiger charge is 2.27. The van der Waals surface area contributed by atoms with Gasteiger partial charge >= 0.3 is 0 Å². The van der Waals surface area contributed by atoms with Gasteiger partial charge in [0.1, 0.15) is 5.69 Å². The summed E-state index contributed by atoms with van der Waals surface area (Å²) in [7, 11) is 1.84. The van der Waals surface area contributed by atoms with Gasteiger partial charge in [-0.2, -0.15) is 5.10 Å². The van der Waals surface area contributed by atoms with Gasteiger partial charge in [-0.1, -0.05) is 40.2 Å². The summed E-state index contributed by atoms with van der Waals surface area (Å²) in [4.78, 5) is 15.1. The first-order valence-electron chi connectivity index (χ1n) is 8.85. The summed E-state index contributed by atoms with van der Waals surface area (Å²) in [6.45, 7) is 1.49. The Morgan fingerprint density at radius 2 is 2.08 bits per heavy atom. The van der Waals surface area contributed by atoms with E-state index in [-0.39, 0.29) is 11.9 Å². The molecule has 1 atom stereocenters. The minimum absolute atomic E-state index is 0.0574. The van der Waals surface area contributed by atoms with E-state index >= 15 is 0 Å². The van der Waals surface area contributed by atoms with Crippen LogP contribution < -0.4 is 5.32 Å². The summed E-state index contributed by atoms with van der Waals surface area (Å²) in [5.74, 6) is 0.0574. The van der Waals surface area contributed by atoms with Crippen LogP contribution in [-0.2, 0) is 7.05 Å². The Labute approximate surface area is 161 Å². The third-order valence-corrected chi connectivity index (χ3v) is 5.34. The largest absolute Gasteiger partial charge is 0.380 e. The topological polar surface area (TPSA) is 50.2 Å². The second kappa shape index (κ2) is 7.11. The molecule has 2 aromatic carbocycles. The Bertz CT molecular complexity index is 952. The van der Waals surface area contributed by atoms with Crippen molar-refractivity contribution in [2.75, 3.05) is 18.4 Å². The van der Waals surface area contributed by atoms with Crippen LogP contribution in [0.5, 0.6) is 0 Å². The monoisotopic (exact) mass is 412 g/mol. The molecule has 1 aliphatic rings. The fraction of sp³-hybridized carbons (Fsp3) is 0.300. The molecular weight excluding hydrogens is 392 g/mol. The molecule has 1 amide bonds. The summed E-state index contributed by atoms with van der Waals surface area (Å²) in [5.41, 5.74) is 2.60. The lowest BCUT2D eigenvalue weighted by Gasteiger charge is -2.33. The molecule has 1 aromatic heterocycles. The van der Waals surface area contributed by atoms with Crippen LogP contribution in [0.4, 0.5) is 5.69 Å². The summed E-state index contributed by atoms with van der Waals surface area (Å²) >= 11 is 3.50. The molecule has 3 aromatic rings. The molecule has 1 unspecified atom stereocenters. The summed E-state index contributed by atoms with van der Waals surface area (Å²) in [6.07, 6.45) is 2.05. The first-order chi connectivity index (χ1) is 12.6. The number of nitrogens with zero attached hydrogens (tertiary/aromatic N) is 3. The van der Waals surface area contributed by atoms with E-state index < -0.39 is 0 Å². The van der Waals surface area contributed by atoms with Gasteiger partial charge in [0.2, 0.25) is 0 Å². The van der Waals surface area contributed by atoms with Gasteiger partial charge in [-0.25, -0.2) is 0 Å². The Morgan fingerprint density at radius 1 is 1.23 bits per heavy atom. The lowest BCUT2D eigenvalue weighted by atomic mass is 10.0. The third-order valence-electron chi connectivity index (χ3n) is 4.85. The number of nitrogens with one attached hydrogen (secondary N) is 1. The van der Waals surface area contributed by atoms with Crippen molar-refractivity contribution in [3.05, 3.63) is 58.7 Å². The maximum Gasteiger partial charge on any atom is 0.272 e. The van der Waals surface area contributed by atoms with Crippen LogP contribution in [-0.4, -0.2) is 39.7 Å². The van der Waals surface area contributed by atoms with Crippen molar-refractivity contribution in [1.29, 1.82) is 0 Å². The van der Waals surface area contributed by atoms with Crippen molar-refractivity contribution in [3.63, 3.8) is 0 Å². The molecule has 1 fully saturated rings. The summed E-state index contributed by atoms with van der Waals surface area (Å²) in [6, 6.07) is 16.2. The maximum atomic E-state index is 13.2. The number of fused-ring (bicyclic) bond motifs is 1. The Kier molecular flexibility index (Phi) is 4.68. The number of benzene rings is 2. The molecule has 1 aliphatic heterocycles. The number of carbonyl (C=O) groups is 1. The van der Waals surface area contributed by atoms with Crippen molar-refractivity contribution in [1.82, 2.24) is 14.7 Å². The second-order valence-corrected chi connectivity index (χ2v) is 7.65. The molecule has 0 bridgehead atoms. The van der Waals surface area contributed by atoms with E-state index in [1.54, 1.807) is 4.68 Å². The van der Waals surface area contributed by atoms with Gasteiger partial charge in [-0.05, 0) is 37.1 Å². The molecule has 26 heavy (non-hydrogen) atoms. The van der Waals surface area contributed by atoms with Gasteiger partial charge < -0.3 is 10.2 Å². The minimum Gasteiger partial charge on any atom is -0.380 e. The fourth-order valence-corrected chi connectivity index (χ4v) is 4.04. The fourth-order valence-electron chi connectivity index (χ4n) is 3.64. The average molecular weight is 413 g/mol. The van der Waals surface area contributed by atoms with Crippen LogP contribution in [0.2, 0.25) is 0 Å². The zero-order chi connectivity index (χ0) is 18.1. The van der Waals surface area contributed by atoms with Gasteiger partial charge in [0, 0.05) is 41.7 Å². The van der Waals surface area contributed by atoms with Gasteiger partial charge in [-0.15, -0.1) is 0 Å². The van der Waals surface area contributed by atoms with Crippen molar-refractivity contribution in [2.45, 2.75) is 18.9 Å². The number of halogens is 1. The molecule has 0 radical (unpaired) electrons. The number of hydrogen-bond donors (Lipinski definition) is 1. The van der Waals surface area contributed by atoms with Gasteiger partial charge in [0.05, 0.1) is 5.52 Å². The molecule has 0 saturated carbocycles. The van der Waals surface area contributed by atoms with Crippen LogP contribution in [0, 0.1) is 0 Å². The van der Waals surface area contributed by atoms with Gasteiger partial charge in [0.25, 0.3) is 5.91 Å². The lowest BCUT2D eigenvalue weighted by molar-refractivity contribution is 0.0705. The predicted octanol–water partition coefficient (Wildman–Crippen LogP) is 4.05. The Balaban J connectivity index is 1.53. The third kappa shape index (κ3) is 3.33. The van der Waals surface area contributed by atoms with Crippen LogP contribution in [0.25, 0.3) is 10.9 Å². The van der Waals surface area contributed by atoms with Crippen molar-refractivity contribution >= 4 is 38.4 Å². The molecule has 2 heterocycles. The van der Waals surface area contributed by atoms with Crippen LogP contribution in [0.15, 0.2) is 53.0 Å². The number of piperidine rings is 1. The Hall–Kier alpha value is -2.34. The normalized spacial score (nSPS) is 17.5. The summed E-state index contributed by atoms with van der Waals surface area (Å²) in [5, 5.41) is 8.95. The first kappa shape index (κ1) is 17.1. The van der Waals surface area contributed by atoms with E-state index in [2.05, 4.69) is 38.5 Å². The number of hydrogen-bond acceptors (Lipinski definition) is 3. The summed E-state index contributed by atoms with van der Waals surface area (Å²) < 4.78 is 2.76. The SMILES string of the molecule is Cn1nc2ccccc2c1C(=O)N1CCCC(Nc2cccc(Br)c2)C1. The van der Waals surface area contributed by atoms with E-state index in [1.807, 2.05) is 48.3 Å². The van der Waals surface area contributed by atoms with E-state index in [4.69, 9.17) is 0 Å². The quantitative estimate of drug-likeness (QED) is 0.705. The molecule has 6 heteroatoms. The minimum atomic E-state index is 0.0574. The van der Waals surface area contributed by atoms with Crippen LogP contribution in [0.3, 0.4) is 0 Å². The zero-order valence-corrected chi connectivity index (χ0v) is 16.2. The second-order valence-electron chi connectivity index (χ2n) is 6.73. The molecular formula is C20H21BrN4O. The van der Waals surface area contributed by atoms with Gasteiger partial charge in [-0.3, -0.25) is 9.48 Å². The highest BCUT2D eigenvalue weighted by molar-refractivity contribution is 9.10. The van der Waals surface area contributed by atoms with E-state index in [0.29, 0.717) is 12.2 Å². The number of likely N-dealkylation sites (tertiary alicyclic amines) is 1. The van der Waals surface area contributed by atoms with Crippen molar-refractivity contribution in [3.8, 4) is 0 Å². The Morgan fingerprint density at radius 3 is 2.92 bits per heavy atom. The number of rotatable bonds is 3.